The van der Waals surface area contributed by atoms with Crippen molar-refractivity contribution in [1.29, 1.82) is 0 Å². The normalized spacial score (nSPS) is 12.4. The van der Waals surface area contributed by atoms with E-state index in [-0.39, 0.29) is 0 Å². The minimum atomic E-state index is 0.498. The fourth-order valence-corrected chi connectivity index (χ4v) is 2.88. The van der Waals surface area contributed by atoms with Gasteiger partial charge in [-0.3, -0.25) is 0 Å². The van der Waals surface area contributed by atoms with Gasteiger partial charge in [0.1, 0.15) is 0 Å². The van der Waals surface area contributed by atoms with Crippen molar-refractivity contribution in [3.63, 3.8) is 0 Å². The first kappa shape index (κ1) is 15.1. The second kappa shape index (κ2) is 6.95. The summed E-state index contributed by atoms with van der Waals surface area (Å²) in [5, 5.41) is 0. The lowest BCUT2D eigenvalue weighted by molar-refractivity contribution is 0.580. The average molecular weight is 287 g/mol. The van der Waals surface area contributed by atoms with E-state index >= 15 is 0 Å². The van der Waals surface area contributed by atoms with Gasteiger partial charge in [-0.1, -0.05) is 48.0 Å². The van der Waals surface area contributed by atoms with Crippen LogP contribution in [0.4, 0.5) is 0 Å². The number of halogens is 1. The van der Waals surface area contributed by atoms with Gasteiger partial charge in [-0.05, 0) is 61.8 Å². The zero-order chi connectivity index (χ0) is 14.5. The summed E-state index contributed by atoms with van der Waals surface area (Å²) in [5.41, 5.74) is 6.92. The van der Waals surface area contributed by atoms with E-state index in [1.807, 2.05) is 0 Å². The molecular formula is C19H23Cl. The van der Waals surface area contributed by atoms with Crippen LogP contribution in [0.2, 0.25) is 0 Å². The number of aryl methyl sites for hydroxylation is 3. The molecule has 0 fully saturated rings. The Balaban J connectivity index is 2.13. The Kier molecular flexibility index (Phi) is 5.25. The maximum absolute atomic E-state index is 6.21. The maximum atomic E-state index is 6.21. The molecule has 0 N–H and O–H groups in total. The second-order valence-electron chi connectivity index (χ2n) is 5.79. The van der Waals surface area contributed by atoms with E-state index in [1.54, 1.807) is 0 Å². The van der Waals surface area contributed by atoms with Gasteiger partial charge in [0.2, 0.25) is 0 Å². The summed E-state index contributed by atoms with van der Waals surface area (Å²) >= 11 is 6.21. The molecule has 0 aliphatic carbocycles. The standard InChI is InChI=1S/C19H23Cl/c1-14-8-9-16(3)19(10-14)12-17(13-20)11-18-7-5-4-6-15(18)2/h4-10,17H,11-13H2,1-3H3. The summed E-state index contributed by atoms with van der Waals surface area (Å²) < 4.78 is 0. The van der Waals surface area contributed by atoms with Crippen molar-refractivity contribution < 1.29 is 0 Å². The van der Waals surface area contributed by atoms with Crippen molar-refractivity contribution >= 4 is 11.6 Å². The third kappa shape index (κ3) is 3.86. The van der Waals surface area contributed by atoms with E-state index in [2.05, 4.69) is 63.2 Å². The second-order valence-corrected chi connectivity index (χ2v) is 6.09. The first-order valence-corrected chi connectivity index (χ1v) is 7.80. The van der Waals surface area contributed by atoms with Gasteiger partial charge >= 0.3 is 0 Å². The summed E-state index contributed by atoms with van der Waals surface area (Å²) in [4.78, 5) is 0. The first-order valence-electron chi connectivity index (χ1n) is 7.26. The van der Waals surface area contributed by atoms with Crippen LogP contribution in [-0.4, -0.2) is 5.88 Å². The molecule has 0 heterocycles. The quantitative estimate of drug-likeness (QED) is 0.658. The molecule has 0 saturated carbocycles. The molecule has 1 heteroatoms. The number of hydrogen-bond acceptors (Lipinski definition) is 0. The van der Waals surface area contributed by atoms with Crippen molar-refractivity contribution in [2.75, 3.05) is 5.88 Å². The van der Waals surface area contributed by atoms with Gasteiger partial charge in [-0.25, -0.2) is 0 Å². The van der Waals surface area contributed by atoms with Crippen LogP contribution in [-0.2, 0) is 12.8 Å². The molecule has 0 aliphatic heterocycles. The predicted octanol–water partition coefficient (Wildman–Crippen LogP) is 5.25. The van der Waals surface area contributed by atoms with Crippen molar-refractivity contribution in [2.45, 2.75) is 33.6 Å². The van der Waals surface area contributed by atoms with E-state index in [9.17, 15) is 0 Å². The molecule has 0 aliphatic rings. The van der Waals surface area contributed by atoms with E-state index in [4.69, 9.17) is 11.6 Å². The highest BCUT2D eigenvalue weighted by Crippen LogP contribution is 2.21. The Morgan fingerprint density at radius 3 is 2.20 bits per heavy atom. The first-order chi connectivity index (χ1) is 9.60. The lowest BCUT2D eigenvalue weighted by Crippen LogP contribution is -2.12. The number of rotatable bonds is 5. The predicted molar refractivity (Wildman–Crippen MR) is 88.7 cm³/mol. The van der Waals surface area contributed by atoms with Crippen molar-refractivity contribution in [3.05, 3.63) is 70.3 Å². The monoisotopic (exact) mass is 286 g/mol. The third-order valence-corrected chi connectivity index (χ3v) is 4.44. The molecule has 0 nitrogen and oxygen atoms in total. The average Bonchev–Trinajstić information content (AvgIpc) is 2.44. The van der Waals surface area contributed by atoms with Gasteiger partial charge < -0.3 is 0 Å². The molecule has 106 valence electrons. The van der Waals surface area contributed by atoms with Crippen LogP contribution in [0.5, 0.6) is 0 Å². The van der Waals surface area contributed by atoms with Gasteiger partial charge in [0.15, 0.2) is 0 Å². The summed E-state index contributed by atoms with van der Waals surface area (Å²) in [7, 11) is 0. The Morgan fingerprint density at radius 1 is 0.850 bits per heavy atom. The topological polar surface area (TPSA) is 0 Å². The Hall–Kier alpha value is -1.27. The Bertz CT molecular complexity index is 572. The highest BCUT2D eigenvalue weighted by Gasteiger charge is 2.12. The molecule has 0 amide bonds. The summed E-state index contributed by atoms with van der Waals surface area (Å²) in [6.45, 7) is 6.52. The third-order valence-electron chi connectivity index (χ3n) is 4.00. The van der Waals surface area contributed by atoms with E-state index < -0.39 is 0 Å². The molecule has 2 rings (SSSR count). The van der Waals surface area contributed by atoms with Crippen LogP contribution >= 0.6 is 11.6 Å². The lowest BCUT2D eigenvalue weighted by atomic mass is 9.90. The van der Waals surface area contributed by atoms with Gasteiger partial charge in [0.25, 0.3) is 0 Å². The van der Waals surface area contributed by atoms with Crippen LogP contribution in [0.25, 0.3) is 0 Å². The zero-order valence-corrected chi connectivity index (χ0v) is 13.4. The fourth-order valence-electron chi connectivity index (χ4n) is 2.66. The molecule has 2 aromatic rings. The van der Waals surface area contributed by atoms with Crippen molar-refractivity contribution in [1.82, 2.24) is 0 Å². The van der Waals surface area contributed by atoms with E-state index in [0.29, 0.717) is 11.8 Å². The van der Waals surface area contributed by atoms with Crippen LogP contribution in [0.15, 0.2) is 42.5 Å². The molecule has 0 bridgehead atoms. The minimum absolute atomic E-state index is 0.498. The highest BCUT2D eigenvalue weighted by atomic mass is 35.5. The SMILES string of the molecule is Cc1ccc(C)c(CC(CCl)Cc2ccccc2C)c1. The largest absolute Gasteiger partial charge is 0.126 e. The van der Waals surface area contributed by atoms with E-state index in [1.165, 1.54) is 27.8 Å². The highest BCUT2D eigenvalue weighted by molar-refractivity contribution is 6.18. The summed E-state index contributed by atoms with van der Waals surface area (Å²) in [6, 6.07) is 15.3. The molecule has 2 aromatic carbocycles. The van der Waals surface area contributed by atoms with Crippen LogP contribution in [0, 0.1) is 26.7 Å². The van der Waals surface area contributed by atoms with Gasteiger partial charge in [-0.15, -0.1) is 11.6 Å². The molecular weight excluding hydrogens is 264 g/mol. The number of hydrogen-bond donors (Lipinski definition) is 0. The number of benzene rings is 2. The molecule has 0 saturated heterocycles. The minimum Gasteiger partial charge on any atom is -0.126 e. The molecule has 1 atom stereocenters. The summed E-state index contributed by atoms with van der Waals surface area (Å²) in [6.07, 6.45) is 2.12. The van der Waals surface area contributed by atoms with Gasteiger partial charge in [-0.2, -0.15) is 0 Å². The van der Waals surface area contributed by atoms with Gasteiger partial charge in [0.05, 0.1) is 0 Å². The maximum Gasteiger partial charge on any atom is 0.0258 e. The zero-order valence-electron chi connectivity index (χ0n) is 12.6. The van der Waals surface area contributed by atoms with Crippen LogP contribution < -0.4 is 0 Å². The summed E-state index contributed by atoms with van der Waals surface area (Å²) in [5.74, 6) is 1.21. The van der Waals surface area contributed by atoms with Gasteiger partial charge in [0, 0.05) is 5.88 Å². The van der Waals surface area contributed by atoms with Crippen molar-refractivity contribution in [2.24, 2.45) is 5.92 Å². The number of alkyl halides is 1. The fraction of sp³-hybridized carbons (Fsp3) is 0.368. The van der Waals surface area contributed by atoms with E-state index in [0.717, 1.165) is 12.8 Å². The Morgan fingerprint density at radius 2 is 1.50 bits per heavy atom. The van der Waals surface area contributed by atoms with Crippen LogP contribution in [0.3, 0.4) is 0 Å². The molecule has 0 aromatic heterocycles. The molecule has 0 spiro atoms. The smallest absolute Gasteiger partial charge is 0.0258 e. The Labute approximate surface area is 127 Å². The van der Waals surface area contributed by atoms with Crippen molar-refractivity contribution in [3.8, 4) is 0 Å². The lowest BCUT2D eigenvalue weighted by Gasteiger charge is -2.17. The van der Waals surface area contributed by atoms with Crippen LogP contribution in [0.1, 0.15) is 27.8 Å². The molecule has 0 radical (unpaired) electrons. The molecule has 1 unspecified atom stereocenters. The molecule has 20 heavy (non-hydrogen) atoms.